The van der Waals surface area contributed by atoms with E-state index in [1.807, 2.05) is 0 Å². The Kier molecular flexibility index (Phi) is 17.2. The summed E-state index contributed by atoms with van der Waals surface area (Å²) in [4.78, 5) is 19.7. The molecule has 0 heterocycles. The molecule has 0 aliphatic heterocycles. The van der Waals surface area contributed by atoms with Crippen LogP contribution in [0.5, 0.6) is 0 Å². The minimum absolute atomic E-state index is 0. The number of hydrogen-bond donors (Lipinski definition) is 8. The van der Waals surface area contributed by atoms with Crippen LogP contribution in [0.25, 0.3) is 0 Å². The summed E-state index contributed by atoms with van der Waals surface area (Å²) in [6.45, 7) is -1.66. The van der Waals surface area contributed by atoms with Crippen molar-refractivity contribution in [3.8, 4) is 0 Å². The molecule has 8 N–H and O–H groups in total. The largest absolute Gasteiger partial charge is 2.00 e. The fraction of sp³-hybridized carbons (Fsp3) is 0.800. The van der Waals surface area contributed by atoms with E-state index in [0.29, 0.717) is 0 Å². The summed E-state index contributed by atoms with van der Waals surface area (Å²) in [5, 5.41) is 87.7. The van der Waals surface area contributed by atoms with E-state index < -0.39 is 61.8 Å². The molecule has 0 radical (unpaired) electrons. The molecule has 0 aliphatic rings. The topological polar surface area (TPSA) is 242 Å². The molecule has 13 heteroatoms. The number of hydrogen-bond acceptors (Lipinski definition) is 12. The van der Waals surface area contributed by atoms with Crippen molar-refractivity contribution < 1.29 is 60.7 Å². The van der Waals surface area contributed by atoms with Crippen molar-refractivity contribution in [1.82, 2.24) is 0 Å². The standard InChI is InChI=1S/2C5H10O6.Ca/c2*6-1-2(7)3(8)4(9)5(10)11;/h2*2-4,6-9H,1H2,(H,10,11);/q;;+2/p-2/t2-,3+,4-;2-,3-,4+;/m01./s1. The Morgan fingerprint density at radius 3 is 1.04 bits per heavy atom. The minimum atomic E-state index is -2.18. The molecule has 0 unspecified atom stereocenters. The van der Waals surface area contributed by atoms with E-state index in [9.17, 15) is 19.8 Å². The van der Waals surface area contributed by atoms with E-state index >= 15 is 0 Å². The van der Waals surface area contributed by atoms with Crippen LogP contribution in [0, 0.1) is 0 Å². The first kappa shape index (κ1) is 27.7. The maximum absolute atomic E-state index is 9.85. The summed E-state index contributed by atoms with van der Waals surface area (Å²) >= 11 is 0. The fourth-order valence-electron chi connectivity index (χ4n) is 0.916. The minimum Gasteiger partial charge on any atom is -0.547 e. The second kappa shape index (κ2) is 14.2. The molecule has 0 spiro atoms. The zero-order valence-electron chi connectivity index (χ0n) is 11.8. The van der Waals surface area contributed by atoms with E-state index in [2.05, 4.69) is 0 Å². The summed E-state index contributed by atoms with van der Waals surface area (Å²) in [5.41, 5.74) is 0. The maximum atomic E-state index is 9.85. The number of carbonyl (C=O) groups excluding carboxylic acids is 2. The molecule has 0 fully saturated rings. The quantitative estimate of drug-likeness (QED) is 0.186. The molecule has 0 aromatic heterocycles. The summed E-state index contributed by atoms with van der Waals surface area (Å²) in [7, 11) is 0. The van der Waals surface area contributed by atoms with Crippen molar-refractivity contribution in [2.45, 2.75) is 36.6 Å². The Hall–Kier alpha value is -0.120. The smallest absolute Gasteiger partial charge is 0.547 e. The van der Waals surface area contributed by atoms with Crippen LogP contribution < -0.4 is 10.2 Å². The molecule has 12 nitrogen and oxygen atoms in total. The first-order chi connectivity index (χ1) is 10.0. The summed E-state index contributed by atoms with van der Waals surface area (Å²) in [6, 6.07) is 0. The van der Waals surface area contributed by atoms with Gasteiger partial charge in [-0.05, 0) is 0 Å². The molecule has 0 aliphatic carbocycles. The molecule has 0 rings (SSSR count). The van der Waals surface area contributed by atoms with Gasteiger partial charge in [-0.25, -0.2) is 0 Å². The molecule has 0 aromatic carbocycles. The Labute approximate surface area is 159 Å². The number of carboxylic acid groups (broad SMARTS) is 2. The number of aliphatic carboxylic acids is 2. The first-order valence-electron chi connectivity index (χ1n) is 5.73. The van der Waals surface area contributed by atoms with Crippen molar-refractivity contribution in [3.05, 3.63) is 0 Å². The Bertz CT molecular complexity index is 308. The average Bonchev–Trinajstić information content (AvgIpc) is 2.50. The number of aliphatic hydroxyl groups is 8. The summed E-state index contributed by atoms with van der Waals surface area (Å²) in [6.07, 6.45) is -11.6. The van der Waals surface area contributed by atoms with Gasteiger partial charge in [-0.3, -0.25) is 0 Å². The SMILES string of the molecule is O=C([O-])[C@@H](O)[C@H](O)[C@@H](O)CO.O=C([O-])[C@@H](O)[C@H](O)[C@H](O)CO.[Ca+2]. The van der Waals surface area contributed by atoms with Crippen LogP contribution in [0.15, 0.2) is 0 Å². The van der Waals surface area contributed by atoms with Gasteiger partial charge in [-0.1, -0.05) is 0 Å². The van der Waals surface area contributed by atoms with E-state index in [-0.39, 0.29) is 37.7 Å². The Morgan fingerprint density at radius 1 is 0.696 bits per heavy atom. The van der Waals surface area contributed by atoms with E-state index in [0.717, 1.165) is 0 Å². The second-order valence-corrected chi connectivity index (χ2v) is 4.01. The van der Waals surface area contributed by atoms with Crippen LogP contribution in [-0.4, -0.2) is 140 Å². The zero-order chi connectivity index (χ0) is 18.0. The van der Waals surface area contributed by atoms with Gasteiger partial charge in [0.2, 0.25) is 0 Å². The van der Waals surface area contributed by atoms with Gasteiger partial charge >= 0.3 is 37.7 Å². The second-order valence-electron chi connectivity index (χ2n) is 4.01. The van der Waals surface area contributed by atoms with Gasteiger partial charge in [0, 0.05) is 0 Å². The first-order valence-corrected chi connectivity index (χ1v) is 5.73. The fourth-order valence-corrected chi connectivity index (χ4v) is 0.916. The molecule has 0 amide bonds. The van der Waals surface area contributed by atoms with Crippen molar-refractivity contribution >= 4 is 49.7 Å². The monoisotopic (exact) mass is 370 g/mol. The molecule has 0 saturated carbocycles. The molecule has 0 aromatic rings. The predicted octanol–water partition coefficient (Wildman–Crippen LogP) is -8.76. The van der Waals surface area contributed by atoms with Crippen molar-refractivity contribution in [1.29, 1.82) is 0 Å². The number of aliphatic hydroxyl groups excluding tert-OH is 8. The Balaban J connectivity index is -0.000000333. The van der Waals surface area contributed by atoms with Gasteiger partial charge in [-0.2, -0.15) is 0 Å². The van der Waals surface area contributed by atoms with Gasteiger partial charge < -0.3 is 60.7 Å². The molecule has 6 atom stereocenters. The van der Waals surface area contributed by atoms with Crippen LogP contribution in [0.4, 0.5) is 0 Å². The number of rotatable bonds is 8. The summed E-state index contributed by atoms with van der Waals surface area (Å²) < 4.78 is 0. The van der Waals surface area contributed by atoms with Gasteiger partial charge in [0.1, 0.15) is 36.6 Å². The third kappa shape index (κ3) is 11.1. The maximum Gasteiger partial charge on any atom is 2.00 e. The summed E-state index contributed by atoms with van der Waals surface area (Å²) in [5.74, 6) is -3.80. The molecule has 23 heavy (non-hydrogen) atoms. The third-order valence-electron chi connectivity index (χ3n) is 2.29. The third-order valence-corrected chi connectivity index (χ3v) is 2.29. The zero-order valence-corrected chi connectivity index (χ0v) is 14.0. The van der Waals surface area contributed by atoms with E-state index in [4.69, 9.17) is 40.9 Å². The molecular formula is C10H18CaO12. The van der Waals surface area contributed by atoms with E-state index in [1.54, 1.807) is 0 Å². The van der Waals surface area contributed by atoms with Gasteiger partial charge in [-0.15, -0.1) is 0 Å². The predicted molar refractivity (Wildman–Crippen MR) is 66.0 cm³/mol. The van der Waals surface area contributed by atoms with Crippen LogP contribution >= 0.6 is 0 Å². The molecule has 132 valence electrons. The van der Waals surface area contributed by atoms with Crippen LogP contribution in [0.1, 0.15) is 0 Å². The average molecular weight is 370 g/mol. The van der Waals surface area contributed by atoms with Crippen LogP contribution in [0.2, 0.25) is 0 Å². The van der Waals surface area contributed by atoms with Crippen LogP contribution in [-0.2, 0) is 9.59 Å². The molecule has 0 bridgehead atoms. The van der Waals surface area contributed by atoms with Crippen molar-refractivity contribution in [2.24, 2.45) is 0 Å². The number of carbonyl (C=O) groups is 2. The van der Waals surface area contributed by atoms with Gasteiger partial charge in [0.15, 0.2) is 0 Å². The van der Waals surface area contributed by atoms with Gasteiger partial charge in [0.05, 0.1) is 25.2 Å². The normalized spacial score (nSPS) is 18.1. The van der Waals surface area contributed by atoms with Crippen molar-refractivity contribution in [3.63, 3.8) is 0 Å². The molecular weight excluding hydrogens is 352 g/mol. The Morgan fingerprint density at radius 2 is 0.913 bits per heavy atom. The molecule has 0 saturated heterocycles. The van der Waals surface area contributed by atoms with Crippen molar-refractivity contribution in [2.75, 3.05) is 13.2 Å². The van der Waals surface area contributed by atoms with Crippen LogP contribution in [0.3, 0.4) is 0 Å². The number of carboxylic acids is 2. The van der Waals surface area contributed by atoms with Gasteiger partial charge in [0.25, 0.3) is 0 Å². The van der Waals surface area contributed by atoms with E-state index in [1.165, 1.54) is 0 Å².